The predicted molar refractivity (Wildman–Crippen MR) is 119 cm³/mol. The van der Waals surface area contributed by atoms with Gasteiger partial charge in [0.25, 0.3) is 0 Å². The molecule has 0 radical (unpaired) electrons. The summed E-state index contributed by atoms with van der Waals surface area (Å²) in [5.41, 5.74) is 0.436. The van der Waals surface area contributed by atoms with Crippen LogP contribution in [0, 0.1) is 46.3 Å². The van der Waals surface area contributed by atoms with E-state index in [2.05, 4.69) is 26.1 Å². The van der Waals surface area contributed by atoms with Crippen molar-refractivity contribution in [3.05, 3.63) is 0 Å². The number of carboxylic acids is 1. The van der Waals surface area contributed by atoms with Crippen molar-refractivity contribution < 1.29 is 54.5 Å². The zero-order valence-corrected chi connectivity index (χ0v) is 23.0. The molecule has 0 bridgehead atoms. The molecule has 0 aromatic rings. The van der Waals surface area contributed by atoms with Gasteiger partial charge in [-0.2, -0.15) is 0 Å². The minimum atomic E-state index is -1.26. The van der Waals surface area contributed by atoms with Crippen molar-refractivity contribution in [2.24, 2.45) is 46.3 Å². The SMILES string of the molecule is C[C@H](CCC(=O)NCC(=O)[O-])[C@H]1CC[C@H]2[C@H]3C(CC[C@]12C)C1(C)CC[C@@H](O)C[C@H]1C[C@H]3O.[Na+]. The summed E-state index contributed by atoms with van der Waals surface area (Å²) < 4.78 is 0. The number of hydrogen-bond donors (Lipinski definition) is 3. The van der Waals surface area contributed by atoms with Crippen LogP contribution in [0.4, 0.5) is 0 Å². The summed E-state index contributed by atoms with van der Waals surface area (Å²) in [5, 5.41) is 34.5. The van der Waals surface area contributed by atoms with Crippen LogP contribution < -0.4 is 40.0 Å². The maximum Gasteiger partial charge on any atom is 1.00 e. The summed E-state index contributed by atoms with van der Waals surface area (Å²) >= 11 is 0. The molecule has 4 fully saturated rings. The number of carbonyl (C=O) groups excluding carboxylic acids is 2. The van der Waals surface area contributed by atoms with E-state index in [9.17, 15) is 24.9 Å². The number of carbonyl (C=O) groups is 2. The molecule has 4 aliphatic carbocycles. The molecule has 7 heteroatoms. The number of aliphatic hydroxyl groups excluding tert-OH is 2. The molecule has 1 amide bonds. The summed E-state index contributed by atoms with van der Waals surface area (Å²) in [6, 6.07) is 0. The van der Waals surface area contributed by atoms with Crippen molar-refractivity contribution in [1.29, 1.82) is 0 Å². The predicted octanol–water partition coefficient (Wildman–Crippen LogP) is -0.737. The Morgan fingerprint density at radius 3 is 2.39 bits per heavy atom. The van der Waals surface area contributed by atoms with Crippen LogP contribution in [0.5, 0.6) is 0 Å². The van der Waals surface area contributed by atoms with Crippen molar-refractivity contribution in [3.8, 4) is 0 Å². The van der Waals surface area contributed by atoms with Crippen LogP contribution in [-0.2, 0) is 9.59 Å². The fourth-order valence-electron chi connectivity index (χ4n) is 8.99. The largest absolute Gasteiger partial charge is 1.00 e. The standard InChI is InChI=1S/C26H43NO5.Na/c1-15(4-7-22(30)27-14-23(31)32)18-5-6-19-24-20(9-11-26(18,19)3)25(2)10-8-17(28)12-16(25)13-21(24)29;/h15-21,24,28-29H,4-14H2,1-3H3,(H,27,30)(H,31,32);/q;+1/p-1/t15-,16+,17-,18-,19+,20?,21-,24+,25?,26-;/m1./s1. The Kier molecular flexibility index (Phi) is 8.70. The van der Waals surface area contributed by atoms with E-state index in [0.717, 1.165) is 51.4 Å². The monoisotopic (exact) mass is 471 g/mol. The van der Waals surface area contributed by atoms with Crippen molar-refractivity contribution in [1.82, 2.24) is 5.32 Å². The average molecular weight is 472 g/mol. The number of amides is 1. The molecule has 0 aromatic heterocycles. The number of hydrogen-bond acceptors (Lipinski definition) is 5. The zero-order valence-electron chi connectivity index (χ0n) is 21.0. The van der Waals surface area contributed by atoms with E-state index in [1.54, 1.807) is 0 Å². The van der Waals surface area contributed by atoms with Gasteiger partial charge in [0.15, 0.2) is 0 Å². The molecule has 3 N–H and O–H groups in total. The molecule has 0 heterocycles. The Balaban J connectivity index is 0.00000306. The fraction of sp³-hybridized carbons (Fsp3) is 0.923. The first kappa shape index (κ1) is 27.4. The maximum atomic E-state index is 12.0. The molecule has 6 nitrogen and oxygen atoms in total. The van der Waals surface area contributed by atoms with Gasteiger partial charge in [-0.3, -0.25) is 4.79 Å². The molecule has 4 rings (SSSR count). The van der Waals surface area contributed by atoms with E-state index in [4.69, 9.17) is 0 Å². The number of aliphatic hydroxyl groups is 2. The topological polar surface area (TPSA) is 110 Å². The van der Waals surface area contributed by atoms with Gasteiger partial charge in [0, 0.05) is 6.42 Å². The summed E-state index contributed by atoms with van der Waals surface area (Å²) in [6.45, 7) is 6.70. The molecule has 10 atom stereocenters. The summed E-state index contributed by atoms with van der Waals surface area (Å²) in [7, 11) is 0. The number of aliphatic carboxylic acids is 1. The summed E-state index contributed by atoms with van der Waals surface area (Å²) in [4.78, 5) is 22.6. The first-order chi connectivity index (χ1) is 15.1. The third-order valence-corrected chi connectivity index (χ3v) is 10.7. The molecule has 0 saturated heterocycles. The molecule has 2 unspecified atom stereocenters. The van der Waals surface area contributed by atoms with E-state index in [1.165, 1.54) is 6.42 Å². The van der Waals surface area contributed by atoms with Gasteiger partial charge >= 0.3 is 29.6 Å². The third-order valence-electron chi connectivity index (χ3n) is 10.7. The van der Waals surface area contributed by atoms with E-state index in [0.29, 0.717) is 41.9 Å². The summed E-state index contributed by atoms with van der Waals surface area (Å²) in [5.74, 6) is 1.31. The van der Waals surface area contributed by atoms with Crippen LogP contribution in [0.1, 0.15) is 85.0 Å². The Labute approximate surface area is 221 Å². The normalized spacial score (nSPS) is 45.1. The second-order valence-electron chi connectivity index (χ2n) is 12.1. The smallest absolute Gasteiger partial charge is 0.548 e. The molecular weight excluding hydrogens is 429 g/mol. The molecule has 0 aliphatic heterocycles. The summed E-state index contributed by atoms with van der Waals surface area (Å²) in [6.07, 6.45) is 8.95. The molecular formula is C26H42NNaO5. The Morgan fingerprint density at radius 2 is 1.70 bits per heavy atom. The van der Waals surface area contributed by atoms with Gasteiger partial charge in [-0.1, -0.05) is 20.8 Å². The molecule has 4 aliphatic rings. The molecule has 33 heavy (non-hydrogen) atoms. The van der Waals surface area contributed by atoms with Crippen LogP contribution in [0.3, 0.4) is 0 Å². The Hall–Kier alpha value is -0.140. The van der Waals surface area contributed by atoms with Gasteiger partial charge in [0.1, 0.15) is 0 Å². The van der Waals surface area contributed by atoms with Crippen LogP contribution >= 0.6 is 0 Å². The molecule has 182 valence electrons. The number of fused-ring (bicyclic) bond motifs is 5. The Bertz CT molecular complexity index is 733. The Morgan fingerprint density at radius 1 is 1.03 bits per heavy atom. The van der Waals surface area contributed by atoms with E-state index < -0.39 is 12.5 Å². The number of rotatable bonds is 6. The maximum absolute atomic E-state index is 12.0. The van der Waals surface area contributed by atoms with Crippen molar-refractivity contribution in [2.45, 2.75) is 97.2 Å². The molecule has 0 aromatic carbocycles. The van der Waals surface area contributed by atoms with Gasteiger partial charge in [0.2, 0.25) is 5.91 Å². The average Bonchev–Trinajstić information content (AvgIpc) is 3.09. The minimum Gasteiger partial charge on any atom is -0.548 e. The first-order valence-electron chi connectivity index (χ1n) is 12.9. The first-order valence-corrected chi connectivity index (χ1v) is 12.9. The number of carboxylic acid groups (broad SMARTS) is 1. The number of nitrogens with one attached hydrogen (secondary N) is 1. The molecule has 4 saturated carbocycles. The van der Waals surface area contributed by atoms with Crippen molar-refractivity contribution in [3.63, 3.8) is 0 Å². The van der Waals surface area contributed by atoms with E-state index in [1.807, 2.05) is 0 Å². The quantitative estimate of drug-likeness (QED) is 0.442. The van der Waals surface area contributed by atoms with Gasteiger partial charge < -0.3 is 25.4 Å². The van der Waals surface area contributed by atoms with Crippen molar-refractivity contribution in [2.75, 3.05) is 6.54 Å². The van der Waals surface area contributed by atoms with Crippen LogP contribution in [0.15, 0.2) is 0 Å². The molecule has 0 spiro atoms. The van der Waals surface area contributed by atoms with Crippen molar-refractivity contribution >= 4 is 11.9 Å². The van der Waals surface area contributed by atoms with E-state index in [-0.39, 0.29) is 58.5 Å². The van der Waals surface area contributed by atoms with Gasteiger partial charge in [-0.25, -0.2) is 0 Å². The van der Waals surface area contributed by atoms with Gasteiger partial charge in [-0.05, 0) is 104 Å². The van der Waals surface area contributed by atoms with E-state index >= 15 is 0 Å². The van der Waals surface area contributed by atoms with Crippen LogP contribution in [0.25, 0.3) is 0 Å². The second kappa shape index (κ2) is 10.5. The third kappa shape index (κ3) is 5.07. The minimum absolute atomic E-state index is 0. The van der Waals surface area contributed by atoms with Gasteiger partial charge in [-0.15, -0.1) is 0 Å². The van der Waals surface area contributed by atoms with Gasteiger partial charge in [0.05, 0.1) is 24.7 Å². The second-order valence-corrected chi connectivity index (χ2v) is 12.1. The zero-order chi connectivity index (χ0) is 23.3. The fourth-order valence-corrected chi connectivity index (χ4v) is 8.99. The van der Waals surface area contributed by atoms with Crippen LogP contribution in [0.2, 0.25) is 0 Å². The van der Waals surface area contributed by atoms with Crippen LogP contribution in [-0.4, -0.2) is 40.8 Å².